The number of hydrogen-bond acceptors (Lipinski definition) is 6. The summed E-state index contributed by atoms with van der Waals surface area (Å²) in [6, 6.07) is 23.4. The van der Waals surface area contributed by atoms with Crippen LogP contribution in [0.15, 0.2) is 84.0 Å². The minimum absolute atomic E-state index is 0.0976. The Hall–Kier alpha value is -4.66. The highest BCUT2D eigenvalue weighted by atomic mass is 16.5. The molecule has 3 aromatic carbocycles. The molecule has 3 N–H and O–H groups in total. The van der Waals surface area contributed by atoms with E-state index in [9.17, 15) is 14.4 Å². The van der Waals surface area contributed by atoms with Crippen LogP contribution in [0.4, 0.5) is 5.69 Å². The average molecular weight is 475 g/mol. The van der Waals surface area contributed by atoms with Crippen molar-refractivity contribution in [1.82, 2.24) is 10.7 Å². The molecule has 0 fully saturated rings. The van der Waals surface area contributed by atoms with Crippen molar-refractivity contribution in [2.45, 2.75) is 6.42 Å². The molecule has 9 heteroatoms. The Bertz CT molecular complexity index is 1160. The fourth-order valence-electron chi connectivity index (χ4n) is 2.98. The molecule has 0 unspecified atom stereocenters. The van der Waals surface area contributed by atoms with E-state index >= 15 is 0 Å². The van der Waals surface area contributed by atoms with Crippen molar-refractivity contribution in [3.8, 4) is 11.5 Å². The van der Waals surface area contributed by atoms with Gasteiger partial charge in [-0.1, -0.05) is 42.5 Å². The number of para-hydroxylation sites is 2. The number of nitrogens with one attached hydrogen (secondary N) is 3. The van der Waals surface area contributed by atoms with Gasteiger partial charge in [0.15, 0.2) is 6.61 Å². The molecular weight excluding hydrogens is 448 g/mol. The van der Waals surface area contributed by atoms with Crippen molar-refractivity contribution in [3.05, 3.63) is 90.0 Å². The van der Waals surface area contributed by atoms with E-state index in [1.807, 2.05) is 30.3 Å². The first-order valence-corrected chi connectivity index (χ1v) is 10.9. The summed E-state index contributed by atoms with van der Waals surface area (Å²) in [5.74, 6) is -1.06. The second-order valence-electron chi connectivity index (χ2n) is 7.30. The standard InChI is InChI=1S/C26H26N4O5/c1-34-23-10-6-5-9-22(23)29-25(32)26(33)30-28-17-20-11-13-21(14-12-20)35-18-24(31)27-16-15-19-7-3-2-4-8-19/h2-14,17H,15-16,18H2,1H3,(H,27,31)(H,29,32)(H,30,33)/b28-17-. The van der Waals surface area contributed by atoms with Crippen molar-refractivity contribution in [1.29, 1.82) is 0 Å². The predicted molar refractivity (Wildman–Crippen MR) is 132 cm³/mol. The summed E-state index contributed by atoms with van der Waals surface area (Å²) in [5, 5.41) is 9.07. The van der Waals surface area contributed by atoms with E-state index in [4.69, 9.17) is 9.47 Å². The number of benzene rings is 3. The monoisotopic (exact) mass is 474 g/mol. The van der Waals surface area contributed by atoms with E-state index in [-0.39, 0.29) is 12.5 Å². The van der Waals surface area contributed by atoms with Crippen LogP contribution in [-0.4, -0.2) is 44.2 Å². The third-order valence-electron chi connectivity index (χ3n) is 4.77. The van der Waals surface area contributed by atoms with Crippen LogP contribution in [0.1, 0.15) is 11.1 Å². The number of hydrogen-bond donors (Lipinski definition) is 3. The van der Waals surface area contributed by atoms with Gasteiger partial charge in [0.05, 0.1) is 19.0 Å². The summed E-state index contributed by atoms with van der Waals surface area (Å²) >= 11 is 0. The SMILES string of the molecule is COc1ccccc1NC(=O)C(=O)N/N=C\c1ccc(OCC(=O)NCCc2ccccc2)cc1. The molecule has 9 nitrogen and oxygen atoms in total. The maximum Gasteiger partial charge on any atom is 0.329 e. The molecule has 0 atom stereocenters. The lowest BCUT2D eigenvalue weighted by Crippen LogP contribution is -2.32. The lowest BCUT2D eigenvalue weighted by Gasteiger charge is -2.08. The largest absolute Gasteiger partial charge is 0.495 e. The first-order valence-electron chi connectivity index (χ1n) is 10.9. The van der Waals surface area contributed by atoms with Gasteiger partial charge in [0.25, 0.3) is 5.91 Å². The van der Waals surface area contributed by atoms with Gasteiger partial charge in [-0.05, 0) is 53.9 Å². The molecule has 0 aliphatic carbocycles. The number of carbonyl (C=O) groups is 3. The number of rotatable bonds is 10. The van der Waals surface area contributed by atoms with E-state index in [1.165, 1.54) is 13.3 Å². The van der Waals surface area contributed by atoms with E-state index < -0.39 is 11.8 Å². The normalized spacial score (nSPS) is 10.4. The minimum atomic E-state index is -0.926. The molecule has 0 saturated carbocycles. The van der Waals surface area contributed by atoms with Gasteiger partial charge in [0, 0.05) is 6.54 Å². The summed E-state index contributed by atoms with van der Waals surface area (Å²) < 4.78 is 10.6. The smallest absolute Gasteiger partial charge is 0.329 e. The molecule has 0 radical (unpaired) electrons. The highest BCUT2D eigenvalue weighted by Gasteiger charge is 2.14. The van der Waals surface area contributed by atoms with Crippen LogP contribution < -0.4 is 25.5 Å². The lowest BCUT2D eigenvalue weighted by atomic mass is 10.1. The Labute approximate surface area is 203 Å². The zero-order chi connectivity index (χ0) is 24.9. The zero-order valence-electron chi connectivity index (χ0n) is 19.2. The molecule has 0 aliphatic rings. The predicted octanol–water partition coefficient (Wildman–Crippen LogP) is 2.52. The highest BCUT2D eigenvalue weighted by Crippen LogP contribution is 2.22. The lowest BCUT2D eigenvalue weighted by molar-refractivity contribution is -0.136. The molecule has 0 saturated heterocycles. The third kappa shape index (κ3) is 8.32. The summed E-state index contributed by atoms with van der Waals surface area (Å²) in [5.41, 5.74) is 4.36. The second kappa shape index (κ2) is 13.1. The molecule has 3 aromatic rings. The van der Waals surface area contributed by atoms with Gasteiger partial charge in [-0.25, -0.2) is 5.43 Å². The number of amides is 3. The number of carbonyl (C=O) groups excluding carboxylic acids is 3. The average Bonchev–Trinajstić information content (AvgIpc) is 2.89. The Morgan fingerprint density at radius 3 is 2.34 bits per heavy atom. The number of ether oxygens (including phenoxy) is 2. The number of hydrazone groups is 1. The summed E-state index contributed by atoms with van der Waals surface area (Å²) in [6.07, 6.45) is 2.13. The summed E-state index contributed by atoms with van der Waals surface area (Å²) in [6.45, 7) is 0.434. The molecule has 3 rings (SSSR count). The van der Waals surface area contributed by atoms with Crippen molar-refractivity contribution in [3.63, 3.8) is 0 Å². The van der Waals surface area contributed by atoms with Crippen LogP contribution in [0.3, 0.4) is 0 Å². The van der Waals surface area contributed by atoms with Crippen molar-refractivity contribution >= 4 is 29.6 Å². The summed E-state index contributed by atoms with van der Waals surface area (Å²) in [7, 11) is 1.47. The molecule has 0 heterocycles. The van der Waals surface area contributed by atoms with Crippen molar-refractivity contribution in [2.75, 3.05) is 25.6 Å². The summed E-state index contributed by atoms with van der Waals surface area (Å²) in [4.78, 5) is 35.9. The number of nitrogens with zero attached hydrogens (tertiary/aromatic N) is 1. The Morgan fingerprint density at radius 2 is 1.60 bits per heavy atom. The fraction of sp³-hybridized carbons (Fsp3) is 0.154. The van der Waals surface area contributed by atoms with E-state index in [2.05, 4.69) is 21.2 Å². The van der Waals surface area contributed by atoms with Gasteiger partial charge in [-0.15, -0.1) is 0 Å². The first-order chi connectivity index (χ1) is 17.0. The zero-order valence-corrected chi connectivity index (χ0v) is 19.2. The maximum atomic E-state index is 12.0. The molecule has 0 bridgehead atoms. The molecule has 0 aliphatic heterocycles. The van der Waals surface area contributed by atoms with Gasteiger partial charge < -0.3 is 20.1 Å². The maximum absolute atomic E-state index is 12.0. The Balaban J connectivity index is 1.38. The molecule has 0 aromatic heterocycles. The van der Waals surface area contributed by atoms with Gasteiger partial charge in [-0.2, -0.15) is 5.10 Å². The van der Waals surface area contributed by atoms with Crippen molar-refractivity contribution < 1.29 is 23.9 Å². The fourth-order valence-corrected chi connectivity index (χ4v) is 2.98. The quantitative estimate of drug-likeness (QED) is 0.237. The van der Waals surface area contributed by atoms with Crippen LogP contribution in [0.2, 0.25) is 0 Å². The van der Waals surface area contributed by atoms with Gasteiger partial charge >= 0.3 is 11.8 Å². The molecule has 3 amide bonds. The van der Waals surface area contributed by atoms with Crippen LogP contribution >= 0.6 is 0 Å². The molecular formula is C26H26N4O5. The Morgan fingerprint density at radius 1 is 0.886 bits per heavy atom. The first kappa shape index (κ1) is 25.0. The third-order valence-corrected chi connectivity index (χ3v) is 4.77. The van der Waals surface area contributed by atoms with E-state index in [0.717, 1.165) is 12.0 Å². The van der Waals surface area contributed by atoms with Crippen LogP contribution in [-0.2, 0) is 20.8 Å². The minimum Gasteiger partial charge on any atom is -0.495 e. The highest BCUT2D eigenvalue weighted by molar-refractivity contribution is 6.39. The topological polar surface area (TPSA) is 118 Å². The molecule has 35 heavy (non-hydrogen) atoms. The van der Waals surface area contributed by atoms with E-state index in [0.29, 0.717) is 29.3 Å². The number of anilines is 1. The van der Waals surface area contributed by atoms with Gasteiger partial charge in [0.1, 0.15) is 11.5 Å². The van der Waals surface area contributed by atoms with Gasteiger partial charge in [0.2, 0.25) is 0 Å². The van der Waals surface area contributed by atoms with Gasteiger partial charge in [-0.3, -0.25) is 14.4 Å². The van der Waals surface area contributed by atoms with Crippen LogP contribution in [0.25, 0.3) is 0 Å². The Kier molecular flexibility index (Phi) is 9.38. The van der Waals surface area contributed by atoms with Crippen molar-refractivity contribution in [2.24, 2.45) is 5.10 Å². The second-order valence-corrected chi connectivity index (χ2v) is 7.30. The van der Waals surface area contributed by atoms with E-state index in [1.54, 1.807) is 48.5 Å². The molecule has 180 valence electrons. The number of methoxy groups -OCH3 is 1. The van der Waals surface area contributed by atoms with Crippen LogP contribution in [0.5, 0.6) is 11.5 Å². The van der Waals surface area contributed by atoms with Crippen LogP contribution in [0, 0.1) is 0 Å². The molecule has 0 spiro atoms.